The van der Waals surface area contributed by atoms with Crippen LogP contribution in [-0.4, -0.2) is 61.0 Å². The smallest absolute Gasteiger partial charge is 0.323 e. The maximum Gasteiger partial charge on any atom is 0.323 e. The maximum absolute atomic E-state index is 13.0. The van der Waals surface area contributed by atoms with Crippen LogP contribution in [0.3, 0.4) is 0 Å². The summed E-state index contributed by atoms with van der Waals surface area (Å²) in [5.41, 5.74) is 4.26. The van der Waals surface area contributed by atoms with Gasteiger partial charge in [0.15, 0.2) is 0 Å². The molecule has 1 fully saturated rings. The Hall–Kier alpha value is -2.98. The molecule has 2 aliphatic rings. The first-order valence-corrected chi connectivity index (χ1v) is 13.9. The van der Waals surface area contributed by atoms with E-state index in [-0.39, 0.29) is 23.3 Å². The van der Waals surface area contributed by atoms with E-state index in [1.807, 2.05) is 13.0 Å². The van der Waals surface area contributed by atoms with Crippen LogP contribution in [0.5, 0.6) is 0 Å². The van der Waals surface area contributed by atoms with E-state index in [0.29, 0.717) is 24.1 Å². The van der Waals surface area contributed by atoms with Gasteiger partial charge in [0.1, 0.15) is 11.9 Å². The quantitative estimate of drug-likeness (QED) is 0.416. The van der Waals surface area contributed by atoms with Crippen LogP contribution >= 0.6 is 0 Å². The number of aryl methyl sites for hydroxylation is 5. The highest BCUT2D eigenvalue weighted by atomic mass is 32.2. The summed E-state index contributed by atoms with van der Waals surface area (Å²) in [6, 6.07) is 6.23. The number of fused-ring (bicyclic) bond motifs is 1. The molecule has 0 spiro atoms. The van der Waals surface area contributed by atoms with E-state index >= 15 is 0 Å². The van der Waals surface area contributed by atoms with E-state index in [9.17, 15) is 23.1 Å². The lowest BCUT2D eigenvalue weighted by atomic mass is 9.91. The van der Waals surface area contributed by atoms with Crippen LogP contribution in [-0.2, 0) is 32.5 Å². The molecule has 1 saturated heterocycles. The second kappa shape index (κ2) is 10.6. The normalized spacial score (nSPS) is 18.2. The van der Waals surface area contributed by atoms with Crippen LogP contribution in [0, 0.1) is 26.7 Å². The van der Waals surface area contributed by atoms with Crippen LogP contribution in [0.15, 0.2) is 29.2 Å². The highest BCUT2D eigenvalue weighted by molar-refractivity contribution is 7.89. The summed E-state index contributed by atoms with van der Waals surface area (Å²) >= 11 is 0. The molecule has 2 atom stereocenters. The number of hydrogen-bond acceptors (Lipinski definition) is 6. The van der Waals surface area contributed by atoms with Gasteiger partial charge in [-0.05, 0) is 75.6 Å². The second-order valence-electron chi connectivity index (χ2n) is 9.91. The zero-order chi connectivity index (χ0) is 26.0. The molecule has 1 amide bonds. The van der Waals surface area contributed by atoms with Crippen molar-refractivity contribution in [1.82, 2.24) is 14.6 Å². The van der Waals surface area contributed by atoms with Gasteiger partial charge in [-0.25, -0.2) is 13.4 Å². The summed E-state index contributed by atoms with van der Waals surface area (Å²) in [6.07, 6.45) is 4.42. The lowest BCUT2D eigenvalue weighted by Gasteiger charge is -2.40. The van der Waals surface area contributed by atoms with Gasteiger partial charge in [-0.1, -0.05) is 23.8 Å². The number of hydrogen-bond donors (Lipinski definition) is 3. The van der Waals surface area contributed by atoms with Crippen molar-refractivity contribution in [3.8, 4) is 0 Å². The molecule has 194 valence electrons. The van der Waals surface area contributed by atoms with Crippen molar-refractivity contribution in [3.63, 3.8) is 0 Å². The topological polar surface area (TPSA) is 129 Å². The van der Waals surface area contributed by atoms with Crippen molar-refractivity contribution in [1.29, 1.82) is 0 Å². The minimum Gasteiger partial charge on any atom is -0.480 e. The van der Waals surface area contributed by atoms with Crippen LogP contribution < -0.4 is 10.0 Å². The zero-order valence-electron chi connectivity index (χ0n) is 21.0. The van der Waals surface area contributed by atoms with Gasteiger partial charge in [0.25, 0.3) is 0 Å². The summed E-state index contributed by atoms with van der Waals surface area (Å²) < 4.78 is 28.3. The average molecular weight is 515 g/mol. The number of rotatable bonds is 10. The van der Waals surface area contributed by atoms with Crippen LogP contribution in [0.2, 0.25) is 0 Å². The standard InChI is InChI=1S/C26H34N4O5S/c1-16-12-17(2)23(18(3)13-16)36(34,35)29-22(26(32)33)15-30-14-20(25(30)31)6-4-8-21-10-9-19-7-5-11-27-24(19)28-21/h9-10,12-13,20,22,29H,4-8,11,14-15H2,1-3H3,(H,27,28)(H,32,33)/t20-,22+/m1/s1. The number of aromatic nitrogens is 1. The van der Waals surface area contributed by atoms with Gasteiger partial charge in [-0.3, -0.25) is 9.59 Å². The minimum absolute atomic E-state index is 0.0816. The number of benzene rings is 1. The SMILES string of the molecule is Cc1cc(C)c(S(=O)(=O)N[C@@H](CN2C[C@@H](CCCc3ccc4c(n3)NCCC4)C2=O)C(=O)O)c(C)c1. The Morgan fingerprint density at radius 1 is 1.25 bits per heavy atom. The molecule has 0 bridgehead atoms. The third-order valence-electron chi connectivity index (χ3n) is 6.91. The fourth-order valence-electron chi connectivity index (χ4n) is 5.22. The summed E-state index contributed by atoms with van der Waals surface area (Å²) in [5, 5.41) is 13.0. The van der Waals surface area contributed by atoms with Crippen molar-refractivity contribution in [2.24, 2.45) is 5.92 Å². The lowest BCUT2D eigenvalue weighted by Crippen LogP contribution is -2.58. The molecular weight excluding hydrogens is 480 g/mol. The van der Waals surface area contributed by atoms with Gasteiger partial charge < -0.3 is 15.3 Å². The molecule has 9 nitrogen and oxygen atoms in total. The first-order chi connectivity index (χ1) is 17.0. The average Bonchev–Trinajstić information content (AvgIpc) is 2.80. The number of nitrogens with zero attached hydrogens (tertiary/aromatic N) is 2. The van der Waals surface area contributed by atoms with Gasteiger partial charge in [0.05, 0.1) is 10.8 Å². The van der Waals surface area contributed by atoms with E-state index in [1.54, 1.807) is 26.0 Å². The molecule has 1 aromatic heterocycles. The van der Waals surface area contributed by atoms with Crippen molar-refractivity contribution in [2.75, 3.05) is 25.0 Å². The molecular formula is C26H34N4O5S. The summed E-state index contributed by atoms with van der Waals surface area (Å²) in [5.74, 6) is -0.663. The number of anilines is 1. The molecule has 0 radical (unpaired) electrons. The van der Waals surface area contributed by atoms with E-state index in [1.165, 1.54) is 10.5 Å². The predicted octanol–water partition coefficient (Wildman–Crippen LogP) is 2.58. The lowest BCUT2D eigenvalue weighted by molar-refractivity contribution is -0.150. The van der Waals surface area contributed by atoms with Gasteiger partial charge in [-0.15, -0.1) is 0 Å². The molecule has 10 heteroatoms. The third-order valence-corrected chi connectivity index (χ3v) is 8.69. The molecule has 1 aromatic carbocycles. The molecule has 36 heavy (non-hydrogen) atoms. The van der Waals surface area contributed by atoms with Crippen molar-refractivity contribution in [2.45, 2.75) is 63.8 Å². The van der Waals surface area contributed by atoms with E-state index < -0.39 is 22.0 Å². The van der Waals surface area contributed by atoms with E-state index in [2.05, 4.69) is 21.1 Å². The van der Waals surface area contributed by atoms with Crippen molar-refractivity contribution in [3.05, 3.63) is 52.2 Å². The van der Waals surface area contributed by atoms with Crippen molar-refractivity contribution < 1.29 is 23.1 Å². The Morgan fingerprint density at radius 3 is 2.64 bits per heavy atom. The third kappa shape index (κ3) is 5.70. The Bertz CT molecular complexity index is 1250. The van der Waals surface area contributed by atoms with Crippen LogP contribution in [0.4, 0.5) is 5.82 Å². The highest BCUT2D eigenvalue weighted by Gasteiger charge is 2.39. The van der Waals surface area contributed by atoms with E-state index in [4.69, 9.17) is 0 Å². The molecule has 2 aromatic rings. The Balaban J connectivity index is 1.30. The largest absolute Gasteiger partial charge is 0.480 e. The first-order valence-electron chi connectivity index (χ1n) is 12.4. The number of sulfonamides is 1. The number of carboxylic acids is 1. The number of likely N-dealkylation sites (tertiary alicyclic amines) is 1. The Morgan fingerprint density at radius 2 is 1.97 bits per heavy atom. The molecule has 4 rings (SSSR count). The summed E-state index contributed by atoms with van der Waals surface area (Å²) in [7, 11) is -4.08. The van der Waals surface area contributed by atoms with Gasteiger partial charge in [0.2, 0.25) is 15.9 Å². The highest BCUT2D eigenvalue weighted by Crippen LogP contribution is 2.26. The van der Waals surface area contributed by atoms with Gasteiger partial charge in [0, 0.05) is 25.3 Å². The number of pyridine rings is 1. The van der Waals surface area contributed by atoms with Gasteiger partial charge >= 0.3 is 5.97 Å². The van der Waals surface area contributed by atoms with Crippen LogP contribution in [0.25, 0.3) is 0 Å². The second-order valence-corrected chi connectivity index (χ2v) is 11.6. The summed E-state index contributed by atoms with van der Waals surface area (Å²) in [6.45, 7) is 6.40. The van der Waals surface area contributed by atoms with Gasteiger partial charge in [-0.2, -0.15) is 4.72 Å². The number of carbonyl (C=O) groups is 2. The fourth-order valence-corrected chi connectivity index (χ4v) is 6.85. The molecule has 3 N–H and O–H groups in total. The summed E-state index contributed by atoms with van der Waals surface area (Å²) in [4.78, 5) is 30.7. The Kier molecular flexibility index (Phi) is 7.65. The fraction of sp³-hybridized carbons (Fsp3) is 0.500. The number of nitrogens with one attached hydrogen (secondary N) is 2. The molecule has 0 saturated carbocycles. The number of aliphatic carboxylic acids is 1. The molecule has 0 aliphatic carbocycles. The molecule has 2 aliphatic heterocycles. The zero-order valence-corrected chi connectivity index (χ0v) is 21.8. The van der Waals surface area contributed by atoms with E-state index in [0.717, 1.165) is 49.3 Å². The van der Waals surface area contributed by atoms with Crippen LogP contribution in [0.1, 0.15) is 47.2 Å². The minimum atomic E-state index is -4.08. The van der Waals surface area contributed by atoms with Crippen molar-refractivity contribution >= 4 is 27.7 Å². The number of carbonyl (C=O) groups excluding carboxylic acids is 1. The first kappa shape index (κ1) is 26.1. The number of β-lactam (4-membered cyclic amide) rings is 1. The molecule has 3 heterocycles. The Labute approximate surface area is 212 Å². The number of amides is 1. The predicted molar refractivity (Wildman–Crippen MR) is 136 cm³/mol. The molecule has 0 unspecified atom stereocenters. The maximum atomic E-state index is 13.0. The monoisotopic (exact) mass is 514 g/mol. The number of carboxylic acid groups (broad SMARTS) is 1.